The van der Waals surface area contributed by atoms with E-state index in [1.807, 2.05) is 0 Å². The number of nitrogens with zero attached hydrogens (tertiary/aromatic N) is 4. The molecule has 7 heteroatoms. The van der Waals surface area contributed by atoms with Gasteiger partial charge in [0.2, 0.25) is 0 Å². The van der Waals surface area contributed by atoms with Crippen molar-refractivity contribution in [3.63, 3.8) is 0 Å². The van der Waals surface area contributed by atoms with E-state index in [-0.39, 0.29) is 5.95 Å². The maximum Gasteiger partial charge on any atom is 0.387 e. The first-order chi connectivity index (χ1) is 4.70. The zero-order valence-electron chi connectivity index (χ0n) is 4.76. The third-order valence-corrected chi connectivity index (χ3v) is 0.750. The molecule has 1 rings (SSSR count). The van der Waals surface area contributed by atoms with E-state index in [1.165, 1.54) is 0 Å². The van der Waals surface area contributed by atoms with Crippen LogP contribution in [0.25, 0.3) is 0 Å². The van der Waals surface area contributed by atoms with Gasteiger partial charge in [0.15, 0.2) is 0 Å². The second-order valence-corrected chi connectivity index (χ2v) is 1.43. The van der Waals surface area contributed by atoms with Gasteiger partial charge in [-0.05, 0) is 4.92 Å². The zero-order valence-corrected chi connectivity index (χ0v) is 4.76. The molecule has 0 atom stereocenters. The van der Waals surface area contributed by atoms with Crippen LogP contribution in [0.1, 0.15) is 0 Å². The largest absolute Gasteiger partial charge is 0.387 e. The molecule has 0 aromatic carbocycles. The molecule has 0 fully saturated rings. The van der Waals surface area contributed by atoms with Crippen LogP contribution in [0.2, 0.25) is 0 Å². The van der Waals surface area contributed by atoms with Crippen molar-refractivity contribution >= 4 is 11.8 Å². The maximum absolute atomic E-state index is 9.97. The van der Waals surface area contributed by atoms with Gasteiger partial charge in [-0.1, -0.05) is 5.10 Å². The van der Waals surface area contributed by atoms with Crippen molar-refractivity contribution in [3.05, 3.63) is 16.3 Å². The Balaban J connectivity index is 3.07. The molecule has 0 aliphatic heterocycles. The van der Waals surface area contributed by atoms with Gasteiger partial charge in [-0.3, -0.25) is 0 Å². The fraction of sp³-hybridized carbons (Fsp3) is 0. The lowest BCUT2D eigenvalue weighted by Gasteiger charge is -1.87. The van der Waals surface area contributed by atoms with Gasteiger partial charge in [-0.2, -0.15) is 0 Å². The topological polar surface area (TPSA) is 108 Å². The summed E-state index contributed by atoms with van der Waals surface area (Å²) in [6.45, 7) is 0. The van der Waals surface area contributed by atoms with Gasteiger partial charge >= 0.3 is 11.8 Å². The third-order valence-electron chi connectivity index (χ3n) is 0.750. The fourth-order valence-electron chi connectivity index (χ4n) is 0.396. The first kappa shape index (κ1) is 6.33. The lowest BCUT2D eigenvalue weighted by Crippen LogP contribution is -2.00. The average Bonchev–Trinajstić information content (AvgIpc) is 1.88. The standard InChI is InChI=1S/C3H3N5O2/c4-3-6-2(8(9)10)1-5-7-3/h1H,(H2,4,6,7). The van der Waals surface area contributed by atoms with E-state index >= 15 is 0 Å². The molecule has 10 heavy (non-hydrogen) atoms. The summed E-state index contributed by atoms with van der Waals surface area (Å²) in [4.78, 5) is 12.6. The van der Waals surface area contributed by atoms with Crippen molar-refractivity contribution in [1.82, 2.24) is 15.2 Å². The minimum absolute atomic E-state index is 0.200. The highest BCUT2D eigenvalue weighted by Gasteiger charge is 2.07. The quantitative estimate of drug-likeness (QED) is 0.411. The molecule has 0 spiro atoms. The normalized spacial score (nSPS) is 9.20. The molecule has 0 unspecified atom stereocenters. The number of rotatable bonds is 1. The highest BCUT2D eigenvalue weighted by molar-refractivity contribution is 5.21. The summed E-state index contributed by atoms with van der Waals surface area (Å²) in [7, 11) is 0. The lowest BCUT2D eigenvalue weighted by atomic mass is 10.7. The van der Waals surface area contributed by atoms with Gasteiger partial charge in [0.1, 0.15) is 6.20 Å². The number of nitrogen functional groups attached to an aromatic ring is 1. The van der Waals surface area contributed by atoms with Crippen LogP contribution >= 0.6 is 0 Å². The molecule has 0 saturated carbocycles. The molecule has 0 aliphatic carbocycles. The Bertz CT molecular complexity index is 261. The number of anilines is 1. The van der Waals surface area contributed by atoms with Crippen molar-refractivity contribution in [3.8, 4) is 0 Å². The summed E-state index contributed by atoms with van der Waals surface area (Å²) in [5.41, 5.74) is 5.01. The SMILES string of the molecule is Nc1nncc([N+](=O)[O-])n1. The number of nitro groups is 1. The molecule has 0 amide bonds. The minimum Gasteiger partial charge on any atom is -0.358 e. The summed E-state index contributed by atoms with van der Waals surface area (Å²) in [6.07, 6.45) is 0.927. The second kappa shape index (κ2) is 2.21. The van der Waals surface area contributed by atoms with E-state index in [1.54, 1.807) is 0 Å². The van der Waals surface area contributed by atoms with Gasteiger partial charge in [-0.15, -0.1) is 5.10 Å². The van der Waals surface area contributed by atoms with Crippen LogP contribution < -0.4 is 5.73 Å². The average molecular weight is 141 g/mol. The maximum atomic E-state index is 9.97. The zero-order chi connectivity index (χ0) is 7.56. The van der Waals surface area contributed by atoms with Crippen LogP contribution in [0.3, 0.4) is 0 Å². The van der Waals surface area contributed by atoms with E-state index in [2.05, 4.69) is 15.2 Å². The van der Waals surface area contributed by atoms with E-state index in [0.29, 0.717) is 0 Å². The van der Waals surface area contributed by atoms with Crippen molar-refractivity contribution in [1.29, 1.82) is 0 Å². The Morgan fingerprint density at radius 1 is 1.70 bits per heavy atom. The molecule has 0 saturated heterocycles. The van der Waals surface area contributed by atoms with Crippen LogP contribution in [0, 0.1) is 10.1 Å². The van der Waals surface area contributed by atoms with E-state index in [4.69, 9.17) is 5.73 Å². The molecule has 0 bridgehead atoms. The number of aromatic nitrogens is 3. The van der Waals surface area contributed by atoms with Gasteiger partial charge in [0.05, 0.1) is 0 Å². The smallest absolute Gasteiger partial charge is 0.358 e. The van der Waals surface area contributed by atoms with Gasteiger partial charge in [0, 0.05) is 4.98 Å². The minimum atomic E-state index is -0.689. The van der Waals surface area contributed by atoms with Crippen molar-refractivity contribution in [2.24, 2.45) is 0 Å². The van der Waals surface area contributed by atoms with Crippen LogP contribution in [-0.4, -0.2) is 20.1 Å². The van der Waals surface area contributed by atoms with Crippen molar-refractivity contribution < 1.29 is 4.92 Å². The molecular formula is C3H3N5O2. The molecule has 1 heterocycles. The van der Waals surface area contributed by atoms with Crippen LogP contribution in [-0.2, 0) is 0 Å². The first-order valence-electron chi connectivity index (χ1n) is 2.30. The van der Waals surface area contributed by atoms with E-state index in [0.717, 1.165) is 6.20 Å². The van der Waals surface area contributed by atoms with E-state index in [9.17, 15) is 10.1 Å². The monoisotopic (exact) mass is 141 g/mol. The van der Waals surface area contributed by atoms with Gasteiger partial charge in [0.25, 0.3) is 0 Å². The first-order valence-corrected chi connectivity index (χ1v) is 2.30. The van der Waals surface area contributed by atoms with E-state index < -0.39 is 10.7 Å². The van der Waals surface area contributed by atoms with Gasteiger partial charge < -0.3 is 15.8 Å². The molecule has 0 aliphatic rings. The summed E-state index contributed by atoms with van der Waals surface area (Å²) in [5, 5.41) is 16.4. The molecule has 2 N–H and O–H groups in total. The van der Waals surface area contributed by atoms with Gasteiger partial charge in [-0.25, -0.2) is 0 Å². The second-order valence-electron chi connectivity index (χ2n) is 1.43. The lowest BCUT2D eigenvalue weighted by molar-refractivity contribution is -0.389. The molecule has 52 valence electrons. The van der Waals surface area contributed by atoms with Crippen LogP contribution in [0.4, 0.5) is 11.8 Å². The number of nitrogens with two attached hydrogens (primary N) is 1. The van der Waals surface area contributed by atoms with Crippen molar-refractivity contribution in [2.75, 3.05) is 5.73 Å². The number of hydrogen-bond acceptors (Lipinski definition) is 6. The summed E-state index contributed by atoms with van der Waals surface area (Å²) >= 11 is 0. The Morgan fingerprint density at radius 2 is 2.40 bits per heavy atom. The van der Waals surface area contributed by atoms with Crippen molar-refractivity contribution in [2.45, 2.75) is 0 Å². The fourth-order valence-corrected chi connectivity index (χ4v) is 0.396. The number of hydrogen-bond donors (Lipinski definition) is 1. The molecule has 7 nitrogen and oxygen atoms in total. The summed E-state index contributed by atoms with van der Waals surface area (Å²) in [6, 6.07) is 0. The molecule has 1 aromatic rings. The predicted octanol–water partition coefficient (Wildman–Crippen LogP) is -0.638. The highest BCUT2D eigenvalue weighted by Crippen LogP contribution is 2.02. The third kappa shape index (κ3) is 1.13. The molecule has 1 aromatic heterocycles. The van der Waals surface area contributed by atoms with Crippen LogP contribution in [0.15, 0.2) is 6.20 Å². The highest BCUT2D eigenvalue weighted by atomic mass is 16.6. The summed E-state index contributed by atoms with van der Waals surface area (Å²) < 4.78 is 0. The molecule has 0 radical (unpaired) electrons. The Morgan fingerprint density at radius 3 is 2.80 bits per heavy atom. The predicted molar refractivity (Wildman–Crippen MR) is 30.9 cm³/mol. The Hall–Kier alpha value is -1.79. The summed E-state index contributed by atoms with van der Waals surface area (Å²) in [5.74, 6) is -0.596. The van der Waals surface area contributed by atoms with Crippen LogP contribution in [0.5, 0.6) is 0 Å². The Labute approximate surface area is 55.1 Å². The Kier molecular flexibility index (Phi) is 1.40. The molecular weight excluding hydrogens is 138 g/mol.